The van der Waals surface area contributed by atoms with Crippen LogP contribution in [0.5, 0.6) is 0 Å². The van der Waals surface area contributed by atoms with Crippen LogP contribution < -0.4 is 0 Å². The van der Waals surface area contributed by atoms with Gasteiger partial charge < -0.3 is 4.74 Å². The molecule has 1 aliphatic rings. The highest BCUT2D eigenvalue weighted by Gasteiger charge is 2.29. The molecule has 0 bridgehead atoms. The molecule has 2 unspecified atom stereocenters. The maximum Gasteiger partial charge on any atom is 0.360 e. The Morgan fingerprint density at radius 3 is 2.79 bits per heavy atom. The number of aromatic nitrogens is 3. The lowest BCUT2D eigenvalue weighted by Gasteiger charge is -2.31. The summed E-state index contributed by atoms with van der Waals surface area (Å²) < 4.78 is 6.95. The van der Waals surface area contributed by atoms with E-state index in [0.29, 0.717) is 24.3 Å². The Balaban J connectivity index is 2.23. The lowest BCUT2D eigenvalue weighted by Crippen LogP contribution is -2.24. The monoisotopic (exact) mass is 265 g/mol. The van der Waals surface area contributed by atoms with Crippen LogP contribution in [0.15, 0.2) is 0 Å². The zero-order valence-corrected chi connectivity index (χ0v) is 12.1. The van der Waals surface area contributed by atoms with Crippen LogP contribution in [0, 0.1) is 12.8 Å². The van der Waals surface area contributed by atoms with E-state index < -0.39 is 0 Å². The van der Waals surface area contributed by atoms with Crippen LogP contribution in [-0.2, 0) is 4.74 Å². The zero-order valence-electron chi connectivity index (χ0n) is 12.1. The fraction of sp³-hybridized carbons (Fsp3) is 0.786. The number of nitrogens with zero attached hydrogens (tertiary/aromatic N) is 3. The van der Waals surface area contributed by atoms with Gasteiger partial charge in [0.05, 0.1) is 18.3 Å². The maximum atomic E-state index is 11.8. The predicted octanol–water partition coefficient (Wildman–Crippen LogP) is 2.90. The van der Waals surface area contributed by atoms with Crippen LogP contribution in [0.4, 0.5) is 0 Å². The minimum atomic E-state index is -0.366. The number of ether oxygens (including phenoxy) is 1. The van der Waals surface area contributed by atoms with Crippen LogP contribution in [-0.4, -0.2) is 27.6 Å². The van der Waals surface area contributed by atoms with Crippen molar-refractivity contribution in [2.24, 2.45) is 5.92 Å². The van der Waals surface area contributed by atoms with E-state index in [9.17, 15) is 4.79 Å². The largest absolute Gasteiger partial charge is 0.461 e. The highest BCUT2D eigenvalue weighted by Crippen LogP contribution is 2.36. The summed E-state index contributed by atoms with van der Waals surface area (Å²) in [7, 11) is 0. The molecule has 1 saturated carbocycles. The third-order valence-corrected chi connectivity index (χ3v) is 4.10. The molecule has 0 aliphatic heterocycles. The second kappa shape index (κ2) is 6.17. The standard InChI is InChI=1S/C14H23N3O2/c1-4-11-8-6-7-9-12(11)17-10(3)13(15-16-17)14(18)19-5-2/h11-12H,4-9H2,1-3H3. The summed E-state index contributed by atoms with van der Waals surface area (Å²) in [5.74, 6) is 0.277. The van der Waals surface area contributed by atoms with Gasteiger partial charge >= 0.3 is 5.97 Å². The highest BCUT2D eigenvalue weighted by atomic mass is 16.5. The molecule has 2 atom stereocenters. The molecule has 0 N–H and O–H groups in total. The second-order valence-corrected chi connectivity index (χ2v) is 5.21. The fourth-order valence-corrected chi connectivity index (χ4v) is 3.03. The summed E-state index contributed by atoms with van der Waals surface area (Å²) in [6, 6.07) is 0.384. The summed E-state index contributed by atoms with van der Waals surface area (Å²) in [6.45, 7) is 6.30. The van der Waals surface area contributed by atoms with Crippen molar-refractivity contribution in [2.45, 2.75) is 58.9 Å². The average molecular weight is 265 g/mol. The molecule has 106 valence electrons. The van der Waals surface area contributed by atoms with Crippen molar-refractivity contribution in [3.8, 4) is 0 Å². The fourth-order valence-electron chi connectivity index (χ4n) is 3.03. The first kappa shape index (κ1) is 14.0. The van der Waals surface area contributed by atoms with E-state index in [2.05, 4.69) is 17.2 Å². The molecule has 0 spiro atoms. The first-order valence-corrected chi connectivity index (χ1v) is 7.27. The Hall–Kier alpha value is -1.39. The van der Waals surface area contributed by atoms with E-state index in [1.165, 1.54) is 19.3 Å². The van der Waals surface area contributed by atoms with Gasteiger partial charge in [-0.2, -0.15) is 0 Å². The summed E-state index contributed by atoms with van der Waals surface area (Å²) in [4.78, 5) is 11.8. The second-order valence-electron chi connectivity index (χ2n) is 5.21. The number of hydrogen-bond acceptors (Lipinski definition) is 4. The maximum absolute atomic E-state index is 11.8. The van der Waals surface area contributed by atoms with E-state index in [1.807, 2.05) is 11.6 Å². The molecule has 5 nitrogen and oxygen atoms in total. The van der Waals surface area contributed by atoms with E-state index in [4.69, 9.17) is 4.74 Å². The van der Waals surface area contributed by atoms with Gasteiger partial charge in [0.25, 0.3) is 0 Å². The lowest BCUT2D eigenvalue weighted by atomic mass is 9.83. The van der Waals surface area contributed by atoms with Gasteiger partial charge in [0, 0.05) is 0 Å². The van der Waals surface area contributed by atoms with Gasteiger partial charge in [-0.25, -0.2) is 9.48 Å². The smallest absolute Gasteiger partial charge is 0.360 e. The minimum absolute atomic E-state index is 0.363. The summed E-state index contributed by atoms with van der Waals surface area (Å²) in [5.41, 5.74) is 1.20. The predicted molar refractivity (Wildman–Crippen MR) is 72.0 cm³/mol. The molecule has 0 radical (unpaired) electrons. The third kappa shape index (κ3) is 2.80. The average Bonchev–Trinajstić information content (AvgIpc) is 2.80. The SMILES string of the molecule is CCOC(=O)c1nnn(C2CCCCC2CC)c1C. The van der Waals surface area contributed by atoms with Crippen molar-refractivity contribution in [3.05, 3.63) is 11.4 Å². The molecule has 1 heterocycles. The Kier molecular flexibility index (Phi) is 4.56. The molecule has 1 aromatic heterocycles. The molecular formula is C14H23N3O2. The summed E-state index contributed by atoms with van der Waals surface area (Å²) in [5, 5.41) is 8.22. The van der Waals surface area contributed by atoms with Crippen molar-refractivity contribution < 1.29 is 9.53 Å². The van der Waals surface area contributed by atoms with Crippen LogP contribution in [0.2, 0.25) is 0 Å². The first-order chi connectivity index (χ1) is 9.19. The first-order valence-electron chi connectivity index (χ1n) is 7.27. The van der Waals surface area contributed by atoms with Gasteiger partial charge in [0.1, 0.15) is 0 Å². The number of esters is 1. The molecule has 2 rings (SSSR count). The highest BCUT2D eigenvalue weighted by molar-refractivity contribution is 5.88. The molecule has 1 aliphatic carbocycles. The topological polar surface area (TPSA) is 57.0 Å². The molecule has 1 fully saturated rings. The van der Waals surface area contributed by atoms with Crippen LogP contribution >= 0.6 is 0 Å². The molecular weight excluding hydrogens is 242 g/mol. The van der Waals surface area contributed by atoms with E-state index in [-0.39, 0.29) is 5.97 Å². The molecule has 0 amide bonds. The van der Waals surface area contributed by atoms with Gasteiger partial charge in [-0.1, -0.05) is 31.4 Å². The Labute approximate surface area is 114 Å². The quantitative estimate of drug-likeness (QED) is 0.785. The molecule has 0 saturated heterocycles. The van der Waals surface area contributed by atoms with E-state index in [1.54, 1.807) is 6.92 Å². The third-order valence-electron chi connectivity index (χ3n) is 4.10. The summed E-state index contributed by atoms with van der Waals surface area (Å²) >= 11 is 0. The van der Waals surface area contributed by atoms with Crippen LogP contribution in [0.3, 0.4) is 0 Å². The van der Waals surface area contributed by atoms with Crippen molar-refractivity contribution in [2.75, 3.05) is 6.61 Å². The number of carbonyl (C=O) groups excluding carboxylic acids is 1. The van der Waals surface area contributed by atoms with Gasteiger partial charge in [-0.05, 0) is 32.6 Å². The van der Waals surface area contributed by atoms with Crippen LogP contribution in [0.1, 0.15) is 68.2 Å². The Bertz CT molecular complexity index is 442. The Morgan fingerprint density at radius 1 is 1.37 bits per heavy atom. The molecule has 1 aromatic rings. The van der Waals surface area contributed by atoms with E-state index >= 15 is 0 Å². The number of hydrogen-bond donors (Lipinski definition) is 0. The van der Waals surface area contributed by atoms with Gasteiger partial charge in [-0.15, -0.1) is 5.10 Å². The van der Waals surface area contributed by atoms with Crippen LogP contribution in [0.25, 0.3) is 0 Å². The van der Waals surface area contributed by atoms with E-state index in [0.717, 1.165) is 18.5 Å². The molecule has 5 heteroatoms. The minimum Gasteiger partial charge on any atom is -0.461 e. The number of carbonyl (C=O) groups is 1. The molecule has 0 aromatic carbocycles. The van der Waals surface area contributed by atoms with Gasteiger partial charge in [0.2, 0.25) is 0 Å². The van der Waals surface area contributed by atoms with Crippen molar-refractivity contribution in [1.82, 2.24) is 15.0 Å². The normalized spacial score (nSPS) is 23.3. The Morgan fingerprint density at radius 2 is 2.11 bits per heavy atom. The summed E-state index contributed by atoms with van der Waals surface area (Å²) in [6.07, 6.45) is 6.06. The van der Waals surface area contributed by atoms with Crippen molar-refractivity contribution in [1.29, 1.82) is 0 Å². The zero-order chi connectivity index (χ0) is 13.8. The lowest BCUT2D eigenvalue weighted by molar-refractivity contribution is 0.0518. The van der Waals surface area contributed by atoms with Gasteiger partial charge in [-0.3, -0.25) is 0 Å². The van der Waals surface area contributed by atoms with Gasteiger partial charge in [0.15, 0.2) is 5.69 Å². The van der Waals surface area contributed by atoms with Crippen molar-refractivity contribution >= 4 is 5.97 Å². The molecule has 19 heavy (non-hydrogen) atoms. The number of rotatable bonds is 4. The van der Waals surface area contributed by atoms with Crippen molar-refractivity contribution in [3.63, 3.8) is 0 Å².